The zero-order valence-corrected chi connectivity index (χ0v) is 28.2. The first-order valence-electron chi connectivity index (χ1n) is 18.0. The van der Waals surface area contributed by atoms with Gasteiger partial charge in [0.25, 0.3) is 0 Å². The monoisotopic (exact) mass is 662 g/mol. The number of fused-ring (bicyclic) bond motifs is 12. The normalized spacial score (nSPS) is 12.5. The fourth-order valence-electron chi connectivity index (χ4n) is 9.02. The van der Waals surface area contributed by atoms with Crippen LogP contribution in [0.3, 0.4) is 0 Å². The Hall–Kier alpha value is -6.84. The molecule has 0 fully saturated rings. The lowest BCUT2D eigenvalue weighted by molar-refractivity contribution is 0.669. The summed E-state index contributed by atoms with van der Waals surface area (Å²) in [5, 5.41) is 7.41. The molecule has 0 bridgehead atoms. The predicted molar refractivity (Wildman–Crippen MR) is 217 cm³/mol. The fourth-order valence-corrected chi connectivity index (χ4v) is 9.02. The van der Waals surface area contributed by atoms with Crippen LogP contribution in [-0.2, 0) is 6.42 Å². The van der Waals surface area contributed by atoms with Gasteiger partial charge in [0.1, 0.15) is 11.2 Å². The molecular weight excluding hydrogens is 633 g/mol. The molecule has 242 valence electrons. The summed E-state index contributed by atoms with van der Waals surface area (Å²) in [5.41, 5.74) is 16.7. The first kappa shape index (κ1) is 27.9. The van der Waals surface area contributed by atoms with E-state index in [0.29, 0.717) is 0 Å². The predicted octanol–water partition coefficient (Wildman–Crippen LogP) is 13.4. The van der Waals surface area contributed by atoms with E-state index in [1.54, 1.807) is 0 Å². The van der Waals surface area contributed by atoms with Crippen molar-refractivity contribution in [1.29, 1.82) is 0 Å². The highest BCUT2D eigenvalue weighted by molar-refractivity contribution is 6.25. The van der Waals surface area contributed by atoms with Crippen LogP contribution in [0.2, 0.25) is 0 Å². The van der Waals surface area contributed by atoms with Gasteiger partial charge in [-0.3, -0.25) is 0 Å². The van der Waals surface area contributed by atoms with E-state index < -0.39 is 0 Å². The standard InChI is InChI=1S/C49H30N2O/c1-2-10-36-32(9-1)27-33-21-25-35(29-42(33)36)50(34-23-19-30(20-24-34)31-22-26-47-43(28-31)38-12-4-6-18-46(38)52-47)45-17-8-15-41-40-14-7-13-39-37-11-3-5-16-44(37)51(48(39)40)49(41)45/h1-26,28-29H,27H2. The van der Waals surface area contributed by atoms with Crippen molar-refractivity contribution in [1.82, 2.24) is 4.40 Å². The van der Waals surface area contributed by atoms with Gasteiger partial charge in [0, 0.05) is 43.7 Å². The minimum Gasteiger partial charge on any atom is -0.456 e. The van der Waals surface area contributed by atoms with Crippen molar-refractivity contribution in [3.63, 3.8) is 0 Å². The molecule has 1 aliphatic rings. The van der Waals surface area contributed by atoms with E-state index in [0.717, 1.165) is 45.4 Å². The Morgan fingerprint density at radius 1 is 0.423 bits per heavy atom. The van der Waals surface area contributed by atoms with E-state index in [-0.39, 0.29) is 0 Å². The topological polar surface area (TPSA) is 20.8 Å². The van der Waals surface area contributed by atoms with Gasteiger partial charge in [-0.15, -0.1) is 0 Å². The quantitative estimate of drug-likeness (QED) is 0.187. The number of nitrogens with zero attached hydrogens (tertiary/aromatic N) is 2. The summed E-state index contributed by atoms with van der Waals surface area (Å²) >= 11 is 0. The SMILES string of the molecule is c1ccc2c(c1)Cc1ccc(N(c3ccc(-c4ccc5oc6ccccc6c5c4)cc3)c3cccc4c5cccc6c7ccccc7n(c34)c65)cc1-2. The lowest BCUT2D eigenvalue weighted by Gasteiger charge is -2.27. The molecule has 11 aromatic rings. The van der Waals surface area contributed by atoms with Crippen molar-refractivity contribution in [2.45, 2.75) is 6.42 Å². The Kier molecular flexibility index (Phi) is 5.56. The van der Waals surface area contributed by atoms with Crippen LogP contribution in [0, 0.1) is 0 Å². The number of hydrogen-bond donors (Lipinski definition) is 0. The number of para-hydroxylation sites is 4. The van der Waals surface area contributed by atoms with Crippen molar-refractivity contribution in [2.24, 2.45) is 0 Å². The van der Waals surface area contributed by atoms with Crippen LogP contribution in [0.15, 0.2) is 174 Å². The number of furan rings is 1. The summed E-state index contributed by atoms with van der Waals surface area (Å²) in [6.45, 7) is 0. The molecule has 8 aromatic carbocycles. The Labute approximate surface area is 299 Å². The molecule has 0 saturated heterocycles. The second-order valence-corrected chi connectivity index (χ2v) is 14.1. The molecular formula is C49H30N2O. The molecule has 12 rings (SSSR count). The average molecular weight is 663 g/mol. The van der Waals surface area contributed by atoms with E-state index in [1.807, 2.05) is 12.1 Å². The molecule has 0 unspecified atom stereocenters. The number of anilines is 3. The molecule has 0 radical (unpaired) electrons. The van der Waals surface area contributed by atoms with E-state index in [4.69, 9.17) is 4.42 Å². The van der Waals surface area contributed by atoms with Gasteiger partial charge in [0.05, 0.1) is 22.2 Å². The highest BCUT2D eigenvalue weighted by atomic mass is 16.3. The third-order valence-corrected chi connectivity index (χ3v) is 11.3. The maximum absolute atomic E-state index is 6.14. The molecule has 3 heterocycles. The van der Waals surface area contributed by atoms with Gasteiger partial charge in [-0.2, -0.15) is 0 Å². The van der Waals surface area contributed by atoms with Gasteiger partial charge < -0.3 is 13.7 Å². The molecule has 3 nitrogen and oxygen atoms in total. The molecule has 0 atom stereocenters. The molecule has 0 saturated carbocycles. The van der Waals surface area contributed by atoms with E-state index in [2.05, 4.69) is 167 Å². The van der Waals surface area contributed by atoms with Crippen LogP contribution < -0.4 is 4.90 Å². The first-order chi connectivity index (χ1) is 25.8. The number of benzene rings is 8. The van der Waals surface area contributed by atoms with Crippen molar-refractivity contribution in [2.75, 3.05) is 4.90 Å². The Bertz CT molecular complexity index is 3220. The highest BCUT2D eigenvalue weighted by Gasteiger charge is 2.25. The summed E-state index contributed by atoms with van der Waals surface area (Å²) in [5.74, 6) is 0. The molecule has 0 amide bonds. The number of aromatic nitrogens is 1. The second-order valence-electron chi connectivity index (χ2n) is 14.1. The largest absolute Gasteiger partial charge is 0.456 e. The third-order valence-electron chi connectivity index (χ3n) is 11.3. The molecule has 1 aliphatic carbocycles. The summed E-state index contributed by atoms with van der Waals surface area (Å²) < 4.78 is 8.64. The maximum Gasteiger partial charge on any atom is 0.135 e. The van der Waals surface area contributed by atoms with Gasteiger partial charge in [0.2, 0.25) is 0 Å². The smallest absolute Gasteiger partial charge is 0.135 e. The first-order valence-corrected chi connectivity index (χ1v) is 18.0. The minimum absolute atomic E-state index is 0.913. The second kappa shape index (κ2) is 10.3. The highest BCUT2D eigenvalue weighted by Crippen LogP contribution is 2.47. The van der Waals surface area contributed by atoms with E-state index >= 15 is 0 Å². The van der Waals surface area contributed by atoms with Crippen LogP contribution in [-0.4, -0.2) is 4.40 Å². The summed E-state index contributed by atoms with van der Waals surface area (Å²) in [4.78, 5) is 2.46. The van der Waals surface area contributed by atoms with Crippen LogP contribution in [0.4, 0.5) is 17.1 Å². The van der Waals surface area contributed by atoms with Crippen molar-refractivity contribution < 1.29 is 4.42 Å². The minimum atomic E-state index is 0.913. The zero-order valence-electron chi connectivity index (χ0n) is 28.2. The van der Waals surface area contributed by atoms with E-state index in [1.165, 1.54) is 71.5 Å². The summed E-state index contributed by atoms with van der Waals surface area (Å²) in [6, 6.07) is 62.1. The van der Waals surface area contributed by atoms with Crippen LogP contribution in [0.1, 0.15) is 11.1 Å². The molecule has 52 heavy (non-hydrogen) atoms. The van der Waals surface area contributed by atoms with E-state index in [9.17, 15) is 0 Å². The zero-order chi connectivity index (χ0) is 33.9. The maximum atomic E-state index is 6.14. The van der Waals surface area contributed by atoms with Crippen LogP contribution in [0.25, 0.3) is 82.3 Å². The Morgan fingerprint density at radius 3 is 1.98 bits per heavy atom. The fraction of sp³-hybridized carbons (Fsp3) is 0.0204. The summed E-state index contributed by atoms with van der Waals surface area (Å²) in [7, 11) is 0. The molecule has 3 aromatic heterocycles. The van der Waals surface area contributed by atoms with Gasteiger partial charge in [-0.05, 0) is 94.4 Å². The van der Waals surface area contributed by atoms with Crippen LogP contribution >= 0.6 is 0 Å². The molecule has 0 aliphatic heterocycles. The lowest BCUT2D eigenvalue weighted by Crippen LogP contribution is -2.11. The van der Waals surface area contributed by atoms with Gasteiger partial charge in [0.15, 0.2) is 0 Å². The van der Waals surface area contributed by atoms with Gasteiger partial charge >= 0.3 is 0 Å². The number of hydrogen-bond acceptors (Lipinski definition) is 2. The van der Waals surface area contributed by atoms with Crippen molar-refractivity contribution >= 4 is 77.1 Å². The van der Waals surface area contributed by atoms with Gasteiger partial charge in [-0.25, -0.2) is 0 Å². The van der Waals surface area contributed by atoms with Crippen molar-refractivity contribution in [3.05, 3.63) is 181 Å². The number of rotatable bonds is 4. The molecule has 3 heteroatoms. The average Bonchev–Trinajstić information content (AvgIpc) is 3.95. The summed E-state index contributed by atoms with van der Waals surface area (Å²) in [6.07, 6.45) is 0.972. The Balaban J connectivity index is 1.09. The van der Waals surface area contributed by atoms with Crippen molar-refractivity contribution in [3.8, 4) is 22.3 Å². The Morgan fingerprint density at radius 2 is 1.08 bits per heavy atom. The molecule has 0 spiro atoms. The third kappa shape index (κ3) is 3.80. The lowest BCUT2D eigenvalue weighted by atomic mass is 10.0. The van der Waals surface area contributed by atoms with Crippen LogP contribution in [0.5, 0.6) is 0 Å². The van der Waals surface area contributed by atoms with Gasteiger partial charge in [-0.1, -0.05) is 115 Å². The molecule has 0 N–H and O–H groups in total.